The van der Waals surface area contributed by atoms with Crippen LogP contribution in [0.2, 0.25) is 0 Å². The SMILES string of the molecule is COc1ccccc1CN(C(=O)c1ccc(F)cc1)c1nc2nc(C)c(Cc3ccccc3)c(=O)n2[nH]1. The first kappa shape index (κ1) is 23.9. The molecule has 1 amide bonds. The lowest BCUT2D eigenvalue weighted by Gasteiger charge is -2.21. The lowest BCUT2D eigenvalue weighted by molar-refractivity contribution is 0.0983. The van der Waals surface area contributed by atoms with E-state index in [4.69, 9.17) is 4.74 Å². The fourth-order valence-corrected chi connectivity index (χ4v) is 4.16. The van der Waals surface area contributed by atoms with Gasteiger partial charge >= 0.3 is 0 Å². The summed E-state index contributed by atoms with van der Waals surface area (Å²) in [7, 11) is 1.55. The number of aromatic amines is 1. The average Bonchev–Trinajstić information content (AvgIpc) is 3.34. The summed E-state index contributed by atoms with van der Waals surface area (Å²) >= 11 is 0. The molecule has 0 bridgehead atoms. The summed E-state index contributed by atoms with van der Waals surface area (Å²) in [4.78, 5) is 37.4. The predicted octanol–water partition coefficient (Wildman–Crippen LogP) is 4.31. The van der Waals surface area contributed by atoms with Crippen molar-refractivity contribution in [3.63, 3.8) is 0 Å². The molecule has 0 aliphatic rings. The van der Waals surface area contributed by atoms with E-state index >= 15 is 0 Å². The van der Waals surface area contributed by atoms with E-state index < -0.39 is 11.7 Å². The Bertz CT molecular complexity index is 1630. The van der Waals surface area contributed by atoms with Crippen molar-refractivity contribution >= 4 is 17.6 Å². The zero-order valence-electron chi connectivity index (χ0n) is 20.3. The highest BCUT2D eigenvalue weighted by atomic mass is 19.1. The number of fused-ring (bicyclic) bond motifs is 1. The number of carbonyl (C=O) groups excluding carboxylic acids is 1. The standard InChI is InChI=1S/C28H24FN5O3/c1-18-23(16-19-8-4-3-5-9-19)26(36)34-27(30-18)31-28(32-34)33(17-21-10-6-7-11-24(21)37-2)25(35)20-12-14-22(29)15-13-20/h3-15H,16-17H2,1-2H3,(H,30,31,32). The van der Waals surface area contributed by atoms with Gasteiger partial charge in [0.1, 0.15) is 11.6 Å². The Morgan fingerprint density at radius 3 is 2.43 bits per heavy atom. The molecule has 2 aromatic heterocycles. The molecule has 5 rings (SSSR count). The second kappa shape index (κ2) is 10.1. The zero-order chi connectivity index (χ0) is 25.9. The summed E-state index contributed by atoms with van der Waals surface area (Å²) in [5.74, 6) is -0.0212. The minimum Gasteiger partial charge on any atom is -0.496 e. The molecule has 0 atom stereocenters. The monoisotopic (exact) mass is 497 g/mol. The number of aromatic nitrogens is 4. The van der Waals surface area contributed by atoms with Gasteiger partial charge in [-0.25, -0.2) is 9.37 Å². The van der Waals surface area contributed by atoms with E-state index in [2.05, 4.69) is 15.1 Å². The second-order valence-corrected chi connectivity index (χ2v) is 8.54. The number of rotatable bonds is 7. The molecule has 3 aromatic carbocycles. The lowest BCUT2D eigenvalue weighted by Crippen LogP contribution is -2.32. The molecule has 2 heterocycles. The van der Waals surface area contributed by atoms with Crippen LogP contribution < -0.4 is 15.2 Å². The molecular weight excluding hydrogens is 473 g/mol. The molecule has 0 spiro atoms. The third-order valence-electron chi connectivity index (χ3n) is 6.12. The van der Waals surface area contributed by atoms with Crippen molar-refractivity contribution in [1.82, 2.24) is 19.6 Å². The van der Waals surface area contributed by atoms with E-state index in [1.54, 1.807) is 20.1 Å². The Balaban J connectivity index is 1.60. The van der Waals surface area contributed by atoms with Crippen LogP contribution in [0.4, 0.5) is 10.3 Å². The highest BCUT2D eigenvalue weighted by Crippen LogP contribution is 2.23. The molecule has 0 fully saturated rings. The molecule has 186 valence electrons. The maximum atomic E-state index is 13.6. The largest absolute Gasteiger partial charge is 0.496 e. The first-order valence-corrected chi connectivity index (χ1v) is 11.7. The smallest absolute Gasteiger partial charge is 0.277 e. The molecule has 0 aliphatic heterocycles. The molecule has 37 heavy (non-hydrogen) atoms. The first-order chi connectivity index (χ1) is 17.9. The summed E-state index contributed by atoms with van der Waals surface area (Å²) in [5.41, 5.74) is 2.76. The fourth-order valence-electron chi connectivity index (χ4n) is 4.16. The number of hydrogen-bond donors (Lipinski definition) is 1. The maximum Gasteiger partial charge on any atom is 0.277 e. The number of carbonyl (C=O) groups is 1. The van der Waals surface area contributed by atoms with Crippen LogP contribution in [0.1, 0.15) is 32.7 Å². The number of ether oxygens (including phenoxy) is 1. The quantitative estimate of drug-likeness (QED) is 0.362. The van der Waals surface area contributed by atoms with Gasteiger partial charge in [0, 0.05) is 23.1 Å². The van der Waals surface area contributed by atoms with Crippen LogP contribution in [-0.2, 0) is 13.0 Å². The molecule has 9 heteroatoms. The number of aryl methyl sites for hydroxylation is 1. The van der Waals surface area contributed by atoms with Gasteiger partial charge in [-0.2, -0.15) is 9.50 Å². The summed E-state index contributed by atoms with van der Waals surface area (Å²) < 4.78 is 20.2. The number of H-pyrrole nitrogens is 1. The van der Waals surface area contributed by atoms with E-state index in [0.717, 1.165) is 11.1 Å². The zero-order valence-corrected chi connectivity index (χ0v) is 20.3. The van der Waals surface area contributed by atoms with E-state index in [1.165, 1.54) is 33.7 Å². The number of methoxy groups -OCH3 is 1. The van der Waals surface area contributed by atoms with Gasteiger partial charge in [0.05, 0.1) is 19.3 Å². The first-order valence-electron chi connectivity index (χ1n) is 11.7. The van der Waals surface area contributed by atoms with Crippen molar-refractivity contribution in [2.45, 2.75) is 19.9 Å². The van der Waals surface area contributed by atoms with Crippen LogP contribution in [0.25, 0.3) is 5.78 Å². The number of benzene rings is 3. The molecule has 5 aromatic rings. The number of para-hydroxylation sites is 1. The topological polar surface area (TPSA) is 92.6 Å². The van der Waals surface area contributed by atoms with Crippen molar-refractivity contribution in [1.29, 1.82) is 0 Å². The van der Waals surface area contributed by atoms with Gasteiger partial charge in [0.25, 0.3) is 17.2 Å². The summed E-state index contributed by atoms with van der Waals surface area (Å²) in [6, 6.07) is 22.2. The summed E-state index contributed by atoms with van der Waals surface area (Å²) in [6.07, 6.45) is 0.412. The normalized spacial score (nSPS) is 11.0. The van der Waals surface area contributed by atoms with Crippen molar-refractivity contribution in [2.24, 2.45) is 0 Å². The van der Waals surface area contributed by atoms with Crippen molar-refractivity contribution in [3.05, 3.63) is 123 Å². The highest BCUT2D eigenvalue weighted by Gasteiger charge is 2.24. The number of amides is 1. The Hall–Kier alpha value is -4.79. The van der Waals surface area contributed by atoms with Crippen LogP contribution >= 0.6 is 0 Å². The van der Waals surface area contributed by atoms with Crippen LogP contribution in [0.3, 0.4) is 0 Å². The predicted molar refractivity (Wildman–Crippen MR) is 138 cm³/mol. The number of nitrogens with one attached hydrogen (secondary N) is 1. The highest BCUT2D eigenvalue weighted by molar-refractivity contribution is 6.05. The maximum absolute atomic E-state index is 13.6. The Kier molecular flexibility index (Phi) is 6.51. The summed E-state index contributed by atoms with van der Waals surface area (Å²) in [6.45, 7) is 1.86. The van der Waals surface area contributed by atoms with Gasteiger partial charge in [0.15, 0.2) is 0 Å². The van der Waals surface area contributed by atoms with Gasteiger partial charge < -0.3 is 4.74 Å². The van der Waals surface area contributed by atoms with Crippen LogP contribution in [0.5, 0.6) is 5.75 Å². The minimum atomic E-state index is -0.450. The molecule has 0 radical (unpaired) electrons. The molecule has 1 N–H and O–H groups in total. The van der Waals surface area contributed by atoms with Crippen molar-refractivity contribution in [3.8, 4) is 5.75 Å². The molecule has 0 saturated heterocycles. The minimum absolute atomic E-state index is 0.0879. The third-order valence-corrected chi connectivity index (χ3v) is 6.12. The second-order valence-electron chi connectivity index (χ2n) is 8.54. The Morgan fingerprint density at radius 2 is 1.70 bits per heavy atom. The fraction of sp³-hybridized carbons (Fsp3) is 0.143. The number of hydrogen-bond acceptors (Lipinski definition) is 5. The third kappa shape index (κ3) is 4.84. The number of anilines is 1. The van der Waals surface area contributed by atoms with Crippen LogP contribution in [0.15, 0.2) is 83.7 Å². The lowest BCUT2D eigenvalue weighted by atomic mass is 10.1. The molecular formula is C28H24FN5O3. The van der Waals surface area contributed by atoms with E-state index in [1.807, 2.05) is 48.5 Å². The van der Waals surface area contributed by atoms with E-state index in [-0.39, 0.29) is 29.4 Å². The Morgan fingerprint density at radius 1 is 1.00 bits per heavy atom. The van der Waals surface area contributed by atoms with Crippen LogP contribution in [-0.4, -0.2) is 32.6 Å². The molecule has 0 unspecified atom stereocenters. The average molecular weight is 498 g/mol. The van der Waals surface area contributed by atoms with Gasteiger partial charge in [-0.05, 0) is 42.8 Å². The van der Waals surface area contributed by atoms with Gasteiger partial charge in [-0.3, -0.25) is 19.6 Å². The van der Waals surface area contributed by atoms with Gasteiger partial charge in [-0.1, -0.05) is 48.5 Å². The molecule has 0 saturated carbocycles. The molecule has 8 nitrogen and oxygen atoms in total. The van der Waals surface area contributed by atoms with Crippen molar-refractivity contribution < 1.29 is 13.9 Å². The number of nitrogens with zero attached hydrogens (tertiary/aromatic N) is 4. The number of halogens is 1. The van der Waals surface area contributed by atoms with Crippen LogP contribution in [0, 0.1) is 12.7 Å². The summed E-state index contributed by atoms with van der Waals surface area (Å²) in [5, 5.41) is 2.96. The molecule has 0 aliphatic carbocycles. The van der Waals surface area contributed by atoms with Gasteiger partial charge in [0.2, 0.25) is 5.95 Å². The van der Waals surface area contributed by atoms with Gasteiger partial charge in [-0.15, -0.1) is 0 Å². The Labute approximate surface area is 212 Å². The van der Waals surface area contributed by atoms with E-state index in [9.17, 15) is 14.0 Å². The van der Waals surface area contributed by atoms with Crippen molar-refractivity contribution in [2.75, 3.05) is 12.0 Å². The van der Waals surface area contributed by atoms with E-state index in [0.29, 0.717) is 23.4 Å².